The highest BCUT2D eigenvalue weighted by Crippen LogP contribution is 2.41. The third-order valence-corrected chi connectivity index (χ3v) is 5.77. The van der Waals surface area contributed by atoms with Crippen molar-refractivity contribution in [3.8, 4) is 5.75 Å². The van der Waals surface area contributed by atoms with Crippen molar-refractivity contribution < 1.29 is 23.8 Å². The highest BCUT2D eigenvalue weighted by Gasteiger charge is 2.44. The van der Waals surface area contributed by atoms with E-state index in [1.807, 2.05) is 57.7 Å². The minimum atomic E-state index is -0.539. The van der Waals surface area contributed by atoms with E-state index >= 15 is 0 Å². The molecule has 10 heteroatoms. The van der Waals surface area contributed by atoms with Gasteiger partial charge < -0.3 is 29.3 Å². The number of hydrogen-bond donors (Lipinski definition) is 2. The Bertz CT molecular complexity index is 1040. The quantitative estimate of drug-likeness (QED) is 0.636. The van der Waals surface area contributed by atoms with E-state index in [9.17, 15) is 9.59 Å². The van der Waals surface area contributed by atoms with Gasteiger partial charge in [0.1, 0.15) is 24.0 Å². The zero-order valence-corrected chi connectivity index (χ0v) is 20.6. The number of hydrogen-bond acceptors (Lipinski definition) is 8. The van der Waals surface area contributed by atoms with Crippen LogP contribution >= 0.6 is 0 Å². The molecule has 2 amide bonds. The number of nitrogens with zero attached hydrogens (tertiary/aromatic N) is 3. The molecule has 184 valence electrons. The summed E-state index contributed by atoms with van der Waals surface area (Å²) in [6.07, 6.45) is 3.20. The van der Waals surface area contributed by atoms with Crippen LogP contribution in [-0.4, -0.2) is 66.2 Å². The maximum atomic E-state index is 12.4. The summed E-state index contributed by atoms with van der Waals surface area (Å²) in [5.41, 5.74) is 4.13. The molecule has 1 aromatic rings. The summed E-state index contributed by atoms with van der Waals surface area (Å²) in [6.45, 7) is 13.2. The number of amides is 2. The molecule has 1 fully saturated rings. The molecule has 0 radical (unpaired) electrons. The van der Waals surface area contributed by atoms with Gasteiger partial charge in [0, 0.05) is 24.3 Å². The van der Waals surface area contributed by atoms with Crippen LogP contribution in [0.5, 0.6) is 5.75 Å². The van der Waals surface area contributed by atoms with Gasteiger partial charge in [-0.1, -0.05) is 0 Å². The Balaban J connectivity index is 1.61. The second kappa shape index (κ2) is 8.73. The maximum absolute atomic E-state index is 12.4. The summed E-state index contributed by atoms with van der Waals surface area (Å²) in [4.78, 5) is 28.3. The molecule has 2 N–H and O–H groups in total. The summed E-state index contributed by atoms with van der Waals surface area (Å²) in [5, 5.41) is 7.75. The molecule has 1 saturated heterocycles. The molecule has 34 heavy (non-hydrogen) atoms. The lowest BCUT2D eigenvalue weighted by Gasteiger charge is -2.49. The fourth-order valence-electron chi connectivity index (χ4n) is 4.21. The summed E-state index contributed by atoms with van der Waals surface area (Å²) < 4.78 is 16.9. The summed E-state index contributed by atoms with van der Waals surface area (Å²) in [6, 6.07) is 3.47. The molecular formula is C24H33N5O5. The van der Waals surface area contributed by atoms with E-state index in [1.54, 1.807) is 11.2 Å². The average molecular weight is 472 g/mol. The minimum absolute atomic E-state index is 0.176. The van der Waals surface area contributed by atoms with Crippen LogP contribution in [0.2, 0.25) is 0 Å². The van der Waals surface area contributed by atoms with E-state index in [2.05, 4.69) is 22.8 Å². The van der Waals surface area contributed by atoms with Gasteiger partial charge in [0.25, 0.3) is 5.91 Å². The lowest BCUT2D eigenvalue weighted by molar-refractivity contribution is -0.122. The van der Waals surface area contributed by atoms with E-state index in [0.717, 1.165) is 16.9 Å². The van der Waals surface area contributed by atoms with Crippen molar-refractivity contribution in [2.45, 2.75) is 58.7 Å². The Morgan fingerprint density at radius 2 is 2.12 bits per heavy atom. The first-order valence-corrected chi connectivity index (χ1v) is 11.5. The van der Waals surface area contributed by atoms with Gasteiger partial charge in [-0.2, -0.15) is 5.10 Å². The second-order valence-corrected chi connectivity index (χ2v) is 10.0. The van der Waals surface area contributed by atoms with Crippen LogP contribution in [0, 0.1) is 0 Å². The van der Waals surface area contributed by atoms with Crippen LogP contribution < -0.4 is 20.4 Å². The molecule has 4 rings (SSSR count). The number of amidine groups is 1. The van der Waals surface area contributed by atoms with E-state index < -0.39 is 11.6 Å². The topological polar surface area (TPSA) is 105 Å². The van der Waals surface area contributed by atoms with Gasteiger partial charge >= 0.3 is 6.09 Å². The monoisotopic (exact) mass is 471 g/mol. The van der Waals surface area contributed by atoms with Crippen molar-refractivity contribution in [3.63, 3.8) is 0 Å². The molecule has 0 unspecified atom stereocenters. The van der Waals surface area contributed by atoms with Gasteiger partial charge in [0.15, 0.2) is 5.84 Å². The molecular weight excluding hydrogens is 438 g/mol. The molecule has 0 aromatic heterocycles. The van der Waals surface area contributed by atoms with Crippen molar-refractivity contribution in [3.05, 3.63) is 24.0 Å². The van der Waals surface area contributed by atoms with Gasteiger partial charge in [-0.3, -0.25) is 4.79 Å². The van der Waals surface area contributed by atoms with Crippen molar-refractivity contribution in [2.24, 2.45) is 5.10 Å². The summed E-state index contributed by atoms with van der Waals surface area (Å²) in [7, 11) is 0. The van der Waals surface area contributed by atoms with Crippen LogP contribution in [0.1, 0.15) is 47.1 Å². The van der Waals surface area contributed by atoms with Crippen molar-refractivity contribution in [1.29, 1.82) is 0 Å². The van der Waals surface area contributed by atoms with Gasteiger partial charge in [-0.15, -0.1) is 0 Å². The molecule has 3 aliphatic rings. The van der Waals surface area contributed by atoms with Gasteiger partial charge in [0.05, 0.1) is 24.1 Å². The lowest BCUT2D eigenvalue weighted by atomic mass is 9.91. The number of ether oxygens (including phenoxy) is 3. The molecule has 0 aliphatic carbocycles. The normalized spacial score (nSPS) is 20.9. The standard InChI is InChI=1S/C24H33N5O5/c1-7-32-9-8-16-10-19-18(29-15(2)21(30)27-26-20(29)12-33-19)11-17(16)25-24(6)13-28(14-24)22(31)34-23(3,4)5/h8-11,15,25H,7,12-14H2,1-6H3,(H,27,30)/t15-/m1/s1. The Kier molecular flexibility index (Phi) is 6.09. The van der Waals surface area contributed by atoms with Crippen LogP contribution in [-0.2, 0) is 14.3 Å². The second-order valence-electron chi connectivity index (χ2n) is 10.0. The van der Waals surface area contributed by atoms with E-state index in [4.69, 9.17) is 14.2 Å². The van der Waals surface area contributed by atoms with Crippen molar-refractivity contribution >= 4 is 35.3 Å². The predicted molar refractivity (Wildman–Crippen MR) is 130 cm³/mol. The minimum Gasteiger partial charge on any atom is -0.501 e. The van der Waals surface area contributed by atoms with Gasteiger partial charge in [-0.05, 0) is 59.8 Å². The highest BCUT2D eigenvalue weighted by atomic mass is 16.6. The molecule has 1 atom stereocenters. The molecule has 3 heterocycles. The van der Waals surface area contributed by atoms with Crippen LogP contribution in [0.4, 0.5) is 16.2 Å². The number of hydrazone groups is 1. The van der Waals surface area contributed by atoms with E-state index in [0.29, 0.717) is 31.3 Å². The Morgan fingerprint density at radius 3 is 2.79 bits per heavy atom. The van der Waals surface area contributed by atoms with E-state index in [1.165, 1.54) is 0 Å². The fourth-order valence-corrected chi connectivity index (χ4v) is 4.21. The number of fused-ring (bicyclic) bond motifs is 3. The number of likely N-dealkylation sites (tertiary alicyclic amines) is 1. The molecule has 0 bridgehead atoms. The van der Waals surface area contributed by atoms with Gasteiger partial charge in [-0.25, -0.2) is 10.2 Å². The molecule has 0 saturated carbocycles. The first-order valence-electron chi connectivity index (χ1n) is 11.5. The fraction of sp³-hybridized carbons (Fsp3) is 0.542. The molecule has 3 aliphatic heterocycles. The first-order chi connectivity index (χ1) is 16.0. The smallest absolute Gasteiger partial charge is 0.410 e. The Hall–Kier alpha value is -3.43. The Labute approximate surface area is 199 Å². The number of carbonyl (C=O) groups excluding carboxylic acids is 2. The summed E-state index contributed by atoms with van der Waals surface area (Å²) >= 11 is 0. The number of nitrogens with one attached hydrogen (secondary N) is 2. The van der Waals surface area contributed by atoms with E-state index in [-0.39, 0.29) is 24.1 Å². The number of rotatable bonds is 5. The zero-order chi connectivity index (χ0) is 24.7. The lowest BCUT2D eigenvalue weighted by Crippen LogP contribution is -2.66. The zero-order valence-electron chi connectivity index (χ0n) is 20.6. The number of benzene rings is 1. The molecule has 0 spiro atoms. The molecule has 1 aromatic carbocycles. The predicted octanol–water partition coefficient (Wildman–Crippen LogP) is 3.15. The van der Waals surface area contributed by atoms with Crippen LogP contribution in [0.25, 0.3) is 6.08 Å². The number of anilines is 2. The maximum Gasteiger partial charge on any atom is 0.410 e. The highest BCUT2D eigenvalue weighted by molar-refractivity contribution is 6.09. The summed E-state index contributed by atoms with van der Waals surface area (Å²) in [5.74, 6) is 1.14. The first kappa shape index (κ1) is 23.7. The van der Waals surface area contributed by atoms with Crippen molar-refractivity contribution in [1.82, 2.24) is 10.3 Å². The van der Waals surface area contributed by atoms with Crippen LogP contribution in [0.3, 0.4) is 0 Å². The van der Waals surface area contributed by atoms with Crippen molar-refractivity contribution in [2.75, 3.05) is 36.5 Å². The third kappa shape index (κ3) is 4.76. The molecule has 10 nitrogen and oxygen atoms in total. The van der Waals surface area contributed by atoms with Gasteiger partial charge in [0.2, 0.25) is 0 Å². The SMILES string of the molecule is CCOC=Cc1cc2c(cc1NC1(C)CN(C(=O)OC(C)(C)C)C1)N1C(=NNC(=O)[C@H]1C)CO2. The third-order valence-electron chi connectivity index (χ3n) is 5.77. The Morgan fingerprint density at radius 1 is 1.38 bits per heavy atom. The average Bonchev–Trinajstić information content (AvgIpc) is 2.73. The largest absolute Gasteiger partial charge is 0.501 e. The number of carbonyl (C=O) groups is 2. The van der Waals surface area contributed by atoms with Crippen LogP contribution in [0.15, 0.2) is 23.5 Å².